The van der Waals surface area contributed by atoms with Gasteiger partial charge in [-0.25, -0.2) is 0 Å². The van der Waals surface area contributed by atoms with Crippen molar-refractivity contribution in [2.45, 2.75) is 78.7 Å². The van der Waals surface area contributed by atoms with Gasteiger partial charge in [-0.2, -0.15) is 0 Å². The van der Waals surface area contributed by atoms with Gasteiger partial charge < -0.3 is 5.11 Å². The van der Waals surface area contributed by atoms with Crippen LogP contribution < -0.4 is 0 Å². The van der Waals surface area contributed by atoms with Crippen LogP contribution >= 0.6 is 0 Å². The van der Waals surface area contributed by atoms with Gasteiger partial charge in [-0.3, -0.25) is 0 Å². The Bertz CT molecular complexity index is 121. The summed E-state index contributed by atoms with van der Waals surface area (Å²) in [6, 6.07) is 0. The maximum Gasteiger partial charge on any atom is 0.0540 e. The van der Waals surface area contributed by atoms with Gasteiger partial charge in [0.25, 0.3) is 0 Å². The topological polar surface area (TPSA) is 20.2 Å². The molecule has 0 radical (unpaired) electrons. The van der Waals surface area contributed by atoms with Gasteiger partial charge in [-0.1, -0.05) is 47.0 Å². The minimum atomic E-state index is 0.00983. The zero-order chi connectivity index (χ0) is 11.7. The molecule has 0 amide bonds. The van der Waals surface area contributed by atoms with Crippen molar-refractivity contribution in [3.63, 3.8) is 0 Å². The molecule has 0 aromatic heterocycles. The first-order chi connectivity index (χ1) is 7.19. The zero-order valence-electron chi connectivity index (χ0n) is 11.1. The fourth-order valence-electron chi connectivity index (χ4n) is 2.53. The Morgan fingerprint density at radius 1 is 0.933 bits per heavy atom. The van der Waals surface area contributed by atoms with Crippen molar-refractivity contribution >= 4 is 0 Å². The van der Waals surface area contributed by atoms with E-state index < -0.39 is 0 Å². The van der Waals surface area contributed by atoms with Crippen LogP contribution in [0.15, 0.2) is 0 Å². The van der Waals surface area contributed by atoms with Gasteiger partial charge in [0.15, 0.2) is 0 Å². The lowest BCUT2D eigenvalue weighted by atomic mass is 9.77. The van der Waals surface area contributed by atoms with Crippen LogP contribution in [-0.4, -0.2) is 11.2 Å². The molecule has 1 saturated carbocycles. The Hall–Kier alpha value is -0.0400. The molecule has 0 aromatic carbocycles. The predicted molar refractivity (Wildman–Crippen MR) is 68.0 cm³/mol. The molecule has 0 saturated heterocycles. The fraction of sp³-hybridized carbons (Fsp3) is 1.00. The van der Waals surface area contributed by atoms with E-state index in [1.165, 1.54) is 32.1 Å². The largest absolute Gasteiger partial charge is 0.393 e. The molecule has 1 fully saturated rings. The van der Waals surface area contributed by atoms with E-state index in [0.717, 1.165) is 24.7 Å². The average Bonchev–Trinajstić information content (AvgIpc) is 2.24. The monoisotopic (exact) mass is 214 g/mol. The third kappa shape index (κ3) is 6.19. The molecule has 0 heterocycles. The molecule has 1 rings (SSSR count). The quantitative estimate of drug-likeness (QED) is 0.738. The van der Waals surface area contributed by atoms with Gasteiger partial charge in [0.05, 0.1) is 6.10 Å². The van der Waals surface area contributed by atoms with Crippen molar-refractivity contribution < 1.29 is 5.11 Å². The summed E-state index contributed by atoms with van der Waals surface area (Å²) in [6.45, 7) is 8.83. The highest BCUT2D eigenvalue weighted by Crippen LogP contribution is 2.33. The van der Waals surface area contributed by atoms with E-state index in [-0.39, 0.29) is 6.10 Å². The molecule has 1 N–H and O–H groups in total. The molecule has 92 valence electrons. The molecule has 0 unspecified atom stereocenters. The maximum atomic E-state index is 9.35. The standard InChI is InChI=1S/C11H22O.C3H8/c1-3-9(4-2)10-5-7-11(12)8-6-10;1-3-2/h9-12H,3-8H2,1-2H3;3H2,1-2H3. The summed E-state index contributed by atoms with van der Waals surface area (Å²) in [5, 5.41) is 9.35. The van der Waals surface area contributed by atoms with Gasteiger partial charge in [0.1, 0.15) is 0 Å². The van der Waals surface area contributed by atoms with Crippen LogP contribution in [0.2, 0.25) is 0 Å². The van der Waals surface area contributed by atoms with Crippen molar-refractivity contribution in [1.82, 2.24) is 0 Å². The molecule has 0 aliphatic heterocycles. The van der Waals surface area contributed by atoms with E-state index in [1.54, 1.807) is 0 Å². The van der Waals surface area contributed by atoms with Gasteiger partial charge >= 0.3 is 0 Å². The van der Waals surface area contributed by atoms with E-state index >= 15 is 0 Å². The van der Waals surface area contributed by atoms with Gasteiger partial charge in [0, 0.05) is 0 Å². The Morgan fingerprint density at radius 3 is 1.67 bits per heavy atom. The highest BCUT2D eigenvalue weighted by atomic mass is 16.3. The summed E-state index contributed by atoms with van der Waals surface area (Å²) in [5.74, 6) is 1.82. The fourth-order valence-corrected chi connectivity index (χ4v) is 2.53. The third-order valence-electron chi connectivity index (χ3n) is 3.46. The Morgan fingerprint density at radius 2 is 1.33 bits per heavy atom. The molecule has 0 atom stereocenters. The summed E-state index contributed by atoms with van der Waals surface area (Å²) in [5.41, 5.74) is 0. The summed E-state index contributed by atoms with van der Waals surface area (Å²) in [6.07, 6.45) is 8.49. The number of aliphatic hydroxyl groups is 1. The molecule has 0 bridgehead atoms. The molecule has 1 aliphatic carbocycles. The summed E-state index contributed by atoms with van der Waals surface area (Å²) < 4.78 is 0. The van der Waals surface area contributed by atoms with Gasteiger partial charge in [-0.15, -0.1) is 0 Å². The van der Waals surface area contributed by atoms with E-state index in [0.29, 0.717) is 0 Å². The van der Waals surface area contributed by atoms with Crippen molar-refractivity contribution in [3.05, 3.63) is 0 Å². The molecule has 1 heteroatoms. The highest BCUT2D eigenvalue weighted by Gasteiger charge is 2.24. The van der Waals surface area contributed by atoms with E-state index in [1.807, 2.05) is 0 Å². The number of rotatable bonds is 3. The summed E-state index contributed by atoms with van der Waals surface area (Å²) in [7, 11) is 0. The molecular weight excluding hydrogens is 184 g/mol. The number of hydrogen-bond donors (Lipinski definition) is 1. The average molecular weight is 214 g/mol. The minimum Gasteiger partial charge on any atom is -0.393 e. The van der Waals surface area contributed by atoms with Gasteiger partial charge in [0.2, 0.25) is 0 Å². The molecule has 0 spiro atoms. The summed E-state index contributed by atoms with van der Waals surface area (Å²) >= 11 is 0. The molecule has 1 aliphatic rings. The Labute approximate surface area is 96.3 Å². The summed E-state index contributed by atoms with van der Waals surface area (Å²) in [4.78, 5) is 0. The first kappa shape index (κ1) is 15.0. The van der Waals surface area contributed by atoms with Crippen molar-refractivity contribution in [3.8, 4) is 0 Å². The smallest absolute Gasteiger partial charge is 0.0540 e. The normalized spacial score (nSPS) is 26.0. The van der Waals surface area contributed by atoms with Crippen LogP contribution in [0.3, 0.4) is 0 Å². The number of aliphatic hydroxyl groups excluding tert-OH is 1. The van der Waals surface area contributed by atoms with Crippen molar-refractivity contribution in [1.29, 1.82) is 0 Å². The molecular formula is C14H30O. The van der Waals surface area contributed by atoms with Crippen LogP contribution in [0, 0.1) is 11.8 Å². The Balaban J connectivity index is 0.000000583. The van der Waals surface area contributed by atoms with Crippen LogP contribution in [0.25, 0.3) is 0 Å². The second kappa shape index (κ2) is 9.21. The van der Waals surface area contributed by atoms with Crippen LogP contribution in [0.4, 0.5) is 0 Å². The van der Waals surface area contributed by atoms with Crippen LogP contribution in [-0.2, 0) is 0 Å². The lowest BCUT2D eigenvalue weighted by molar-refractivity contribution is 0.0890. The minimum absolute atomic E-state index is 0.00983. The van der Waals surface area contributed by atoms with Crippen molar-refractivity contribution in [2.24, 2.45) is 11.8 Å². The van der Waals surface area contributed by atoms with Gasteiger partial charge in [-0.05, 0) is 37.5 Å². The van der Waals surface area contributed by atoms with E-state index in [2.05, 4.69) is 27.7 Å². The first-order valence-corrected chi connectivity index (χ1v) is 6.87. The molecule has 1 nitrogen and oxygen atoms in total. The predicted octanol–water partition coefficient (Wildman–Crippen LogP) is 4.39. The SMILES string of the molecule is CCC.CCC(CC)C1CCC(O)CC1. The van der Waals surface area contributed by atoms with E-state index in [4.69, 9.17) is 0 Å². The van der Waals surface area contributed by atoms with Crippen molar-refractivity contribution in [2.75, 3.05) is 0 Å². The molecule has 0 aromatic rings. The van der Waals surface area contributed by atoms with Crippen LogP contribution in [0.1, 0.15) is 72.6 Å². The third-order valence-corrected chi connectivity index (χ3v) is 3.46. The number of hydrogen-bond acceptors (Lipinski definition) is 1. The lowest BCUT2D eigenvalue weighted by Gasteiger charge is -2.31. The van der Waals surface area contributed by atoms with E-state index in [9.17, 15) is 5.11 Å². The zero-order valence-corrected chi connectivity index (χ0v) is 11.1. The lowest BCUT2D eigenvalue weighted by Crippen LogP contribution is -2.23. The van der Waals surface area contributed by atoms with Crippen LogP contribution in [0.5, 0.6) is 0 Å². The molecule has 15 heavy (non-hydrogen) atoms. The second-order valence-electron chi connectivity index (χ2n) is 4.85. The maximum absolute atomic E-state index is 9.35. The first-order valence-electron chi connectivity index (χ1n) is 6.87. The second-order valence-corrected chi connectivity index (χ2v) is 4.85. The highest BCUT2D eigenvalue weighted by molar-refractivity contribution is 4.76. The Kier molecular flexibility index (Phi) is 9.18.